The van der Waals surface area contributed by atoms with Gasteiger partial charge in [0.2, 0.25) is 18.3 Å². The fraction of sp³-hybridized carbons (Fsp3) is 0.622. The minimum Gasteiger partial charge on any atom is -0.504 e. The second-order valence-electron chi connectivity index (χ2n) is 18.4. The molecule has 3 aromatic rings. The molecule has 422 valence electrons. The van der Waals surface area contributed by atoms with Crippen LogP contribution >= 0.6 is 0 Å². The molecule has 5 aliphatic rings. The van der Waals surface area contributed by atoms with Crippen LogP contribution < -0.4 is 19.6 Å². The van der Waals surface area contributed by atoms with Gasteiger partial charge in [0.1, 0.15) is 96.1 Å². The molecule has 76 heavy (non-hydrogen) atoms. The average molecular weight is 1090 g/mol. The van der Waals surface area contributed by atoms with Crippen molar-refractivity contribution >= 4 is 22.9 Å². The van der Waals surface area contributed by atoms with Crippen LogP contribution in [0, 0.1) is 0 Å². The number of methoxy groups -OCH3 is 1. The van der Waals surface area contributed by atoms with E-state index >= 15 is 0 Å². The topological polar surface area (TPSA) is 490 Å². The number of aliphatic carboxylic acids is 2. The molecule has 0 aliphatic carbocycles. The fourth-order valence-electron chi connectivity index (χ4n) is 9.03. The highest BCUT2D eigenvalue weighted by atomic mass is 16.8. The van der Waals surface area contributed by atoms with Crippen LogP contribution in [-0.2, 0) is 47.5 Å². The van der Waals surface area contributed by atoms with Crippen LogP contribution in [0.1, 0.15) is 13.8 Å². The monoisotopic (exact) mass is 1090 g/mol. The number of carbonyl (C=O) groups is 2. The first kappa shape index (κ1) is 57.0. The molecular weight excluding hydrogens is 1040 g/mol. The predicted molar refractivity (Wildman–Crippen MR) is 237 cm³/mol. The van der Waals surface area contributed by atoms with Gasteiger partial charge in [-0.3, -0.25) is 4.79 Å². The van der Waals surface area contributed by atoms with E-state index in [0.29, 0.717) is 0 Å². The zero-order valence-electron chi connectivity index (χ0n) is 39.7. The van der Waals surface area contributed by atoms with Crippen molar-refractivity contribution in [2.45, 2.75) is 161 Å². The number of phenolic OH excluding ortho intramolecular Hbond substituents is 2. The number of rotatable bonds is 14. The van der Waals surface area contributed by atoms with Gasteiger partial charge in [-0.05, 0) is 32.0 Å². The Morgan fingerprint density at radius 1 is 0.553 bits per heavy atom. The highest BCUT2D eigenvalue weighted by molar-refractivity contribution is 5.89. The van der Waals surface area contributed by atoms with Crippen molar-refractivity contribution in [3.63, 3.8) is 0 Å². The molecule has 5 fully saturated rings. The van der Waals surface area contributed by atoms with Gasteiger partial charge in [0.25, 0.3) is 0 Å². The summed E-state index contributed by atoms with van der Waals surface area (Å²) in [5.41, 5.74) is -1.53. The maximum atomic E-state index is 13.7. The van der Waals surface area contributed by atoms with Gasteiger partial charge in [-0.1, -0.05) is 0 Å². The maximum absolute atomic E-state index is 13.7. The van der Waals surface area contributed by atoms with Crippen LogP contribution in [0.4, 0.5) is 0 Å². The van der Waals surface area contributed by atoms with Crippen LogP contribution in [0.5, 0.6) is 28.7 Å². The number of aromatic hydroxyl groups is 2. The molecule has 0 radical (unpaired) electrons. The van der Waals surface area contributed by atoms with Crippen LogP contribution in [0.15, 0.2) is 39.5 Å². The van der Waals surface area contributed by atoms with Gasteiger partial charge < -0.3 is 138 Å². The first-order valence-electron chi connectivity index (χ1n) is 23.2. The standard InChI is InChI=1S/C45H56O31/c1-10-21(49)25(53)30(58)42(67-10)75-37-28(56)27(55)35(39(61)62)73-44(37)71-19-8-18-20(24(52)33(19)65-3)14(47)7-17(69-18)12-4-5-16(13(46)6-12)70-45-38(76-43-31(59)26(54)22(50)11(2)68-43)34(32(60)36(74-45)40(63)64)72-41-29(57)23(51)15(48)9-66-41/h4-8,10-11,15,21-23,25-32,34-38,41-46,48-60H,9H2,1-3H3,(H,61,62)(H,63,64)/t10-,11-,15+,21-,22-,23-,25+,26+,27-,28-,29+,30+,31+,32-,34-,35-,36-,37+,38+,41-,42-,43-,44+,45+/m0/s1. The molecule has 16 N–H and O–H groups in total. The summed E-state index contributed by atoms with van der Waals surface area (Å²) in [6, 6.07) is 5.00. The quantitative estimate of drug-likeness (QED) is 0.0714. The van der Waals surface area contributed by atoms with E-state index in [1.807, 2.05) is 0 Å². The number of carboxylic acids is 2. The van der Waals surface area contributed by atoms with Crippen molar-refractivity contribution in [3.8, 4) is 40.1 Å². The Hall–Kier alpha value is -5.21. The number of hydrogen-bond acceptors (Lipinski definition) is 29. The lowest BCUT2D eigenvalue weighted by Crippen LogP contribution is -2.67. The molecule has 5 saturated heterocycles. The van der Waals surface area contributed by atoms with E-state index in [-0.39, 0.29) is 11.3 Å². The van der Waals surface area contributed by atoms with Crippen LogP contribution in [-0.4, -0.2) is 255 Å². The smallest absolute Gasteiger partial charge is 0.335 e. The summed E-state index contributed by atoms with van der Waals surface area (Å²) in [6.07, 6.45) is -45.9. The van der Waals surface area contributed by atoms with E-state index in [2.05, 4.69) is 0 Å². The minimum atomic E-state index is -2.25. The third-order valence-electron chi connectivity index (χ3n) is 13.3. The number of ether oxygens (including phenoxy) is 11. The molecule has 31 heteroatoms. The number of benzene rings is 2. The van der Waals surface area contributed by atoms with Gasteiger partial charge in [-0.25, -0.2) is 9.59 Å². The zero-order chi connectivity index (χ0) is 55.5. The van der Waals surface area contributed by atoms with Gasteiger partial charge >= 0.3 is 11.9 Å². The number of fused-ring (bicyclic) bond motifs is 1. The third kappa shape index (κ3) is 10.8. The summed E-state index contributed by atoms with van der Waals surface area (Å²) in [4.78, 5) is 38.3. The number of aliphatic hydroxyl groups is 12. The molecule has 5 aliphatic heterocycles. The molecule has 31 nitrogen and oxygen atoms in total. The maximum Gasteiger partial charge on any atom is 0.335 e. The number of carboxylic acid groups (broad SMARTS) is 2. The minimum absolute atomic E-state index is 0.110. The van der Waals surface area contributed by atoms with Crippen molar-refractivity contribution in [1.29, 1.82) is 0 Å². The molecule has 6 heterocycles. The third-order valence-corrected chi connectivity index (χ3v) is 13.3. The van der Waals surface area contributed by atoms with Crippen molar-refractivity contribution in [3.05, 3.63) is 40.6 Å². The number of phenols is 2. The van der Waals surface area contributed by atoms with Crippen molar-refractivity contribution in [1.82, 2.24) is 0 Å². The van der Waals surface area contributed by atoms with Crippen molar-refractivity contribution < 1.29 is 148 Å². The highest BCUT2D eigenvalue weighted by Gasteiger charge is 2.57. The van der Waals surface area contributed by atoms with E-state index in [9.17, 15) is 96.1 Å². The molecule has 0 spiro atoms. The number of aliphatic hydroxyl groups excluding tert-OH is 12. The lowest BCUT2D eigenvalue weighted by atomic mass is 9.96. The van der Waals surface area contributed by atoms with E-state index in [1.165, 1.54) is 19.9 Å². The van der Waals surface area contributed by atoms with Crippen molar-refractivity contribution in [2.24, 2.45) is 0 Å². The lowest BCUT2D eigenvalue weighted by molar-refractivity contribution is -0.374. The average Bonchev–Trinajstić information content (AvgIpc) is 3.37. The highest BCUT2D eigenvalue weighted by Crippen LogP contribution is 2.45. The normalized spacial score (nSPS) is 41.0. The Bertz CT molecular complexity index is 2620. The molecular formula is C45H56O31. The number of hydrogen-bond donors (Lipinski definition) is 16. The molecule has 24 atom stereocenters. The summed E-state index contributed by atoms with van der Waals surface area (Å²) < 4.78 is 67.8. The second kappa shape index (κ2) is 22.6. The summed E-state index contributed by atoms with van der Waals surface area (Å²) in [5.74, 6) is -7.39. The van der Waals surface area contributed by atoms with E-state index < -0.39 is 211 Å². The second-order valence-corrected chi connectivity index (χ2v) is 18.4. The molecule has 0 unspecified atom stereocenters. The Morgan fingerprint density at radius 3 is 1.64 bits per heavy atom. The van der Waals surface area contributed by atoms with Crippen molar-refractivity contribution in [2.75, 3.05) is 13.7 Å². The van der Waals surface area contributed by atoms with Gasteiger partial charge in [0.15, 0.2) is 71.7 Å². The summed E-state index contributed by atoms with van der Waals surface area (Å²) in [7, 11) is 1.03. The first-order valence-corrected chi connectivity index (χ1v) is 23.2. The Kier molecular flexibility index (Phi) is 17.0. The van der Waals surface area contributed by atoms with Crippen LogP contribution in [0.3, 0.4) is 0 Å². The van der Waals surface area contributed by atoms with Gasteiger partial charge in [-0.15, -0.1) is 0 Å². The lowest BCUT2D eigenvalue weighted by Gasteiger charge is -2.47. The Morgan fingerprint density at radius 2 is 1.08 bits per heavy atom. The molecule has 0 saturated carbocycles. The van der Waals surface area contributed by atoms with Gasteiger partial charge in [0, 0.05) is 17.7 Å². The molecule has 2 aromatic carbocycles. The van der Waals surface area contributed by atoms with E-state index in [0.717, 1.165) is 31.4 Å². The zero-order valence-corrected chi connectivity index (χ0v) is 39.7. The molecule has 1 aromatic heterocycles. The molecule has 8 rings (SSSR count). The Balaban J connectivity index is 1.11. The summed E-state index contributed by atoms with van der Waals surface area (Å²) in [5, 5.41) is 169. The first-order chi connectivity index (χ1) is 35.8. The van der Waals surface area contributed by atoms with Gasteiger partial charge in [-0.2, -0.15) is 0 Å². The fourth-order valence-corrected chi connectivity index (χ4v) is 9.03. The van der Waals surface area contributed by atoms with Crippen LogP contribution in [0.25, 0.3) is 22.3 Å². The van der Waals surface area contributed by atoms with Gasteiger partial charge in [0.05, 0.1) is 25.9 Å². The largest absolute Gasteiger partial charge is 0.504 e. The van der Waals surface area contributed by atoms with Crippen LogP contribution in [0.2, 0.25) is 0 Å². The summed E-state index contributed by atoms with van der Waals surface area (Å²) >= 11 is 0. The predicted octanol–water partition coefficient (Wildman–Crippen LogP) is -6.41. The SMILES string of the molecule is COc1c(O[C@@H]2O[C@H](C(=O)O)[C@@H](O)[C@H](O)[C@H]2O[C@@H]2O[C@@H](C)[C@H](O)[C@@H](O)[C@H]2O)cc2oc(-c3ccc(O[C@@H]4O[C@H](C(=O)O)[C@@H](O)[C@H](O[C@@H]5OC[C@@H](O)[C@H](O)[C@H]5O)[C@H]4O[C@@H]4O[C@@H](C)[C@H](O)[C@@H](O)[C@H]4O)c(O)c3)cc(=O)c2c1O. The molecule has 0 amide bonds. The Labute approximate surface area is 425 Å². The molecule has 0 bridgehead atoms. The van der Waals surface area contributed by atoms with E-state index in [1.54, 1.807) is 0 Å². The summed E-state index contributed by atoms with van der Waals surface area (Å²) in [6.45, 7) is 1.98. The van der Waals surface area contributed by atoms with E-state index in [4.69, 9.17) is 56.5 Å².